The Morgan fingerprint density at radius 1 is 1.14 bits per heavy atom. The quantitative estimate of drug-likeness (QED) is 0.777. The van der Waals surface area contributed by atoms with Gasteiger partial charge in [0.2, 0.25) is 0 Å². The highest BCUT2D eigenvalue weighted by molar-refractivity contribution is 5.53. The lowest BCUT2D eigenvalue weighted by molar-refractivity contribution is 0.423. The first-order chi connectivity index (χ1) is 10.7. The second-order valence-electron chi connectivity index (χ2n) is 5.07. The van der Waals surface area contributed by atoms with Crippen LogP contribution in [0.1, 0.15) is 11.4 Å². The molecule has 0 saturated carbocycles. The van der Waals surface area contributed by atoms with Gasteiger partial charge in [-0.3, -0.25) is 0 Å². The van der Waals surface area contributed by atoms with Crippen molar-refractivity contribution in [1.29, 1.82) is 0 Å². The third-order valence-electron chi connectivity index (χ3n) is 3.24. The summed E-state index contributed by atoms with van der Waals surface area (Å²) >= 11 is 0. The van der Waals surface area contributed by atoms with Crippen molar-refractivity contribution in [2.45, 2.75) is 13.3 Å². The molecule has 3 rings (SSSR count). The standard InChI is InChI=1S/C17H16FN3O/c1-12-4-2-5-13(10-12)17-20-16(21-22-17)8-9-19-15-7-3-6-14(18)11-15/h2-7,10-11,19H,8-9H2,1H3. The molecule has 0 amide bonds. The molecule has 0 atom stereocenters. The van der Waals surface area contributed by atoms with Crippen molar-refractivity contribution in [3.63, 3.8) is 0 Å². The van der Waals surface area contributed by atoms with E-state index in [0.717, 1.165) is 16.8 Å². The molecule has 4 nitrogen and oxygen atoms in total. The zero-order chi connectivity index (χ0) is 15.4. The van der Waals surface area contributed by atoms with Crippen LogP contribution in [0.2, 0.25) is 0 Å². The summed E-state index contributed by atoms with van der Waals surface area (Å²) in [6.45, 7) is 2.62. The zero-order valence-corrected chi connectivity index (χ0v) is 12.2. The largest absolute Gasteiger partial charge is 0.385 e. The number of halogens is 1. The molecular formula is C17H16FN3O. The van der Waals surface area contributed by atoms with Crippen LogP contribution in [0.3, 0.4) is 0 Å². The van der Waals surface area contributed by atoms with Gasteiger partial charge in [-0.1, -0.05) is 28.9 Å². The topological polar surface area (TPSA) is 51.0 Å². The van der Waals surface area contributed by atoms with E-state index < -0.39 is 0 Å². The molecule has 0 aliphatic rings. The fraction of sp³-hybridized carbons (Fsp3) is 0.176. The first-order valence-corrected chi connectivity index (χ1v) is 7.10. The number of hydrogen-bond acceptors (Lipinski definition) is 4. The molecule has 1 N–H and O–H groups in total. The molecule has 0 unspecified atom stereocenters. The maximum Gasteiger partial charge on any atom is 0.257 e. The van der Waals surface area contributed by atoms with Crippen LogP contribution in [0, 0.1) is 12.7 Å². The molecule has 0 fully saturated rings. The number of aryl methyl sites for hydroxylation is 1. The lowest BCUT2D eigenvalue weighted by atomic mass is 10.1. The molecule has 22 heavy (non-hydrogen) atoms. The number of nitrogens with zero attached hydrogens (tertiary/aromatic N) is 2. The highest BCUT2D eigenvalue weighted by Crippen LogP contribution is 2.18. The van der Waals surface area contributed by atoms with Gasteiger partial charge in [0.05, 0.1) is 0 Å². The maximum absolute atomic E-state index is 13.1. The van der Waals surface area contributed by atoms with Gasteiger partial charge in [-0.05, 0) is 37.3 Å². The van der Waals surface area contributed by atoms with E-state index in [1.165, 1.54) is 12.1 Å². The first-order valence-electron chi connectivity index (χ1n) is 7.10. The fourth-order valence-electron chi connectivity index (χ4n) is 2.17. The predicted octanol–water partition coefficient (Wildman–Crippen LogP) is 3.84. The Balaban J connectivity index is 1.60. The minimum Gasteiger partial charge on any atom is -0.385 e. The van der Waals surface area contributed by atoms with Gasteiger partial charge in [0.1, 0.15) is 5.82 Å². The molecule has 0 saturated heterocycles. The Morgan fingerprint density at radius 2 is 2.00 bits per heavy atom. The Hall–Kier alpha value is -2.69. The normalized spacial score (nSPS) is 10.6. The molecule has 0 aliphatic carbocycles. The molecule has 2 aromatic carbocycles. The van der Waals surface area contributed by atoms with Gasteiger partial charge in [0.25, 0.3) is 5.89 Å². The van der Waals surface area contributed by atoms with Crippen LogP contribution in [0.25, 0.3) is 11.5 Å². The van der Waals surface area contributed by atoms with Crippen molar-refractivity contribution >= 4 is 5.69 Å². The van der Waals surface area contributed by atoms with E-state index in [9.17, 15) is 4.39 Å². The molecule has 112 valence electrons. The van der Waals surface area contributed by atoms with Crippen molar-refractivity contribution < 1.29 is 8.91 Å². The molecule has 0 spiro atoms. The zero-order valence-electron chi connectivity index (χ0n) is 12.2. The summed E-state index contributed by atoms with van der Waals surface area (Å²) in [4.78, 5) is 4.38. The summed E-state index contributed by atoms with van der Waals surface area (Å²) < 4.78 is 18.3. The fourth-order valence-corrected chi connectivity index (χ4v) is 2.17. The van der Waals surface area contributed by atoms with Gasteiger partial charge in [0.15, 0.2) is 5.82 Å². The van der Waals surface area contributed by atoms with Crippen molar-refractivity contribution in [2.75, 3.05) is 11.9 Å². The second kappa shape index (κ2) is 6.39. The van der Waals surface area contributed by atoms with Gasteiger partial charge in [-0.2, -0.15) is 4.98 Å². The van der Waals surface area contributed by atoms with Gasteiger partial charge < -0.3 is 9.84 Å². The molecule has 0 bridgehead atoms. The van der Waals surface area contributed by atoms with E-state index in [4.69, 9.17) is 4.52 Å². The Labute approximate surface area is 128 Å². The number of benzene rings is 2. The minimum absolute atomic E-state index is 0.258. The van der Waals surface area contributed by atoms with Crippen LogP contribution in [0.4, 0.5) is 10.1 Å². The molecule has 0 radical (unpaired) electrons. The Bertz CT molecular complexity index is 770. The summed E-state index contributed by atoms with van der Waals surface area (Å²) in [6.07, 6.45) is 0.603. The number of anilines is 1. The van der Waals surface area contributed by atoms with E-state index in [1.807, 2.05) is 37.3 Å². The van der Waals surface area contributed by atoms with Crippen LogP contribution >= 0.6 is 0 Å². The SMILES string of the molecule is Cc1cccc(-c2nc(CCNc3cccc(F)c3)no2)c1. The maximum atomic E-state index is 13.1. The van der Waals surface area contributed by atoms with E-state index in [1.54, 1.807) is 6.07 Å². The van der Waals surface area contributed by atoms with Crippen LogP contribution in [-0.2, 0) is 6.42 Å². The van der Waals surface area contributed by atoms with Gasteiger partial charge in [0, 0.05) is 24.2 Å². The van der Waals surface area contributed by atoms with Crippen LogP contribution in [0.5, 0.6) is 0 Å². The molecule has 5 heteroatoms. The van der Waals surface area contributed by atoms with Crippen molar-refractivity contribution in [2.24, 2.45) is 0 Å². The highest BCUT2D eigenvalue weighted by Gasteiger charge is 2.08. The summed E-state index contributed by atoms with van der Waals surface area (Å²) in [5.41, 5.74) is 2.80. The molecule has 3 aromatic rings. The summed E-state index contributed by atoms with van der Waals surface area (Å²) in [5, 5.41) is 7.10. The summed E-state index contributed by atoms with van der Waals surface area (Å²) in [5.74, 6) is 0.885. The summed E-state index contributed by atoms with van der Waals surface area (Å²) in [7, 11) is 0. The van der Waals surface area contributed by atoms with Crippen molar-refractivity contribution in [3.05, 3.63) is 65.7 Å². The van der Waals surface area contributed by atoms with Crippen LogP contribution < -0.4 is 5.32 Å². The number of rotatable bonds is 5. The lowest BCUT2D eigenvalue weighted by Gasteiger charge is -2.03. The summed E-state index contributed by atoms with van der Waals surface area (Å²) in [6, 6.07) is 14.3. The van der Waals surface area contributed by atoms with Crippen molar-refractivity contribution in [1.82, 2.24) is 10.1 Å². The van der Waals surface area contributed by atoms with Crippen LogP contribution in [-0.4, -0.2) is 16.7 Å². The second-order valence-corrected chi connectivity index (χ2v) is 5.07. The van der Waals surface area contributed by atoms with Gasteiger partial charge in [-0.15, -0.1) is 0 Å². The van der Waals surface area contributed by atoms with Gasteiger partial charge >= 0.3 is 0 Å². The predicted molar refractivity (Wildman–Crippen MR) is 83.1 cm³/mol. The molecule has 1 aromatic heterocycles. The number of aromatic nitrogens is 2. The number of hydrogen-bond donors (Lipinski definition) is 1. The third-order valence-corrected chi connectivity index (χ3v) is 3.24. The minimum atomic E-state index is -0.258. The average molecular weight is 297 g/mol. The lowest BCUT2D eigenvalue weighted by Crippen LogP contribution is -2.06. The van der Waals surface area contributed by atoms with E-state index >= 15 is 0 Å². The highest BCUT2D eigenvalue weighted by atomic mass is 19.1. The Morgan fingerprint density at radius 3 is 2.82 bits per heavy atom. The smallest absolute Gasteiger partial charge is 0.257 e. The van der Waals surface area contributed by atoms with E-state index in [2.05, 4.69) is 15.5 Å². The molecule has 0 aliphatic heterocycles. The van der Waals surface area contributed by atoms with E-state index in [-0.39, 0.29) is 5.82 Å². The first kappa shape index (κ1) is 14.3. The molecular weight excluding hydrogens is 281 g/mol. The number of nitrogens with one attached hydrogen (secondary N) is 1. The molecule has 1 heterocycles. The van der Waals surface area contributed by atoms with Crippen LogP contribution in [0.15, 0.2) is 53.1 Å². The van der Waals surface area contributed by atoms with Gasteiger partial charge in [-0.25, -0.2) is 4.39 Å². The Kier molecular flexibility index (Phi) is 4.14. The third kappa shape index (κ3) is 3.49. The van der Waals surface area contributed by atoms with Crippen molar-refractivity contribution in [3.8, 4) is 11.5 Å². The average Bonchev–Trinajstić information content (AvgIpc) is 2.96. The monoisotopic (exact) mass is 297 g/mol. The van der Waals surface area contributed by atoms with E-state index in [0.29, 0.717) is 24.7 Å².